The van der Waals surface area contributed by atoms with Gasteiger partial charge in [0.15, 0.2) is 5.82 Å². The SMILES string of the molecule is OCc1cccc(N2CCC(OCc3ccc4nccn4c3)CC2)c1F. The average molecular weight is 355 g/mol. The van der Waals surface area contributed by atoms with Crippen molar-refractivity contribution in [3.05, 3.63) is 65.9 Å². The zero-order valence-electron chi connectivity index (χ0n) is 14.5. The van der Waals surface area contributed by atoms with Gasteiger partial charge in [0.2, 0.25) is 0 Å². The van der Waals surface area contributed by atoms with E-state index in [9.17, 15) is 9.50 Å². The van der Waals surface area contributed by atoms with Crippen molar-refractivity contribution in [3.8, 4) is 0 Å². The van der Waals surface area contributed by atoms with Crippen LogP contribution in [0.3, 0.4) is 0 Å². The van der Waals surface area contributed by atoms with Crippen molar-refractivity contribution in [3.63, 3.8) is 0 Å². The molecule has 1 aromatic carbocycles. The van der Waals surface area contributed by atoms with Crippen molar-refractivity contribution in [2.24, 2.45) is 0 Å². The monoisotopic (exact) mass is 355 g/mol. The highest BCUT2D eigenvalue weighted by atomic mass is 19.1. The van der Waals surface area contributed by atoms with Gasteiger partial charge >= 0.3 is 0 Å². The van der Waals surface area contributed by atoms with Gasteiger partial charge in [0.25, 0.3) is 0 Å². The molecule has 0 aliphatic carbocycles. The lowest BCUT2D eigenvalue weighted by molar-refractivity contribution is 0.0249. The predicted octanol–water partition coefficient (Wildman–Crippen LogP) is 3.15. The molecule has 0 spiro atoms. The van der Waals surface area contributed by atoms with Crippen molar-refractivity contribution < 1.29 is 14.2 Å². The highest BCUT2D eigenvalue weighted by Gasteiger charge is 2.22. The Morgan fingerprint density at radius 1 is 1.19 bits per heavy atom. The smallest absolute Gasteiger partial charge is 0.151 e. The molecular weight excluding hydrogens is 333 g/mol. The Labute approximate surface area is 151 Å². The lowest BCUT2D eigenvalue weighted by Gasteiger charge is -2.34. The van der Waals surface area contributed by atoms with E-state index in [-0.39, 0.29) is 18.5 Å². The Morgan fingerprint density at radius 2 is 2.04 bits per heavy atom. The summed E-state index contributed by atoms with van der Waals surface area (Å²) in [5.41, 5.74) is 2.95. The number of fused-ring (bicyclic) bond motifs is 1. The van der Waals surface area contributed by atoms with Crippen LogP contribution in [-0.2, 0) is 18.0 Å². The average Bonchev–Trinajstić information content (AvgIpc) is 3.15. The van der Waals surface area contributed by atoms with E-state index in [4.69, 9.17) is 4.74 Å². The van der Waals surface area contributed by atoms with Crippen LogP contribution in [0.1, 0.15) is 24.0 Å². The number of anilines is 1. The first-order valence-electron chi connectivity index (χ1n) is 8.91. The normalized spacial score (nSPS) is 15.7. The molecule has 5 nitrogen and oxygen atoms in total. The molecule has 0 amide bonds. The molecule has 0 radical (unpaired) electrons. The van der Waals surface area contributed by atoms with Crippen LogP contribution in [0.5, 0.6) is 0 Å². The molecule has 0 bridgehead atoms. The molecule has 0 saturated carbocycles. The van der Waals surface area contributed by atoms with Crippen LogP contribution in [-0.4, -0.2) is 33.7 Å². The van der Waals surface area contributed by atoms with Gasteiger partial charge < -0.3 is 19.1 Å². The summed E-state index contributed by atoms with van der Waals surface area (Å²) in [5, 5.41) is 9.23. The first-order chi connectivity index (χ1) is 12.7. The van der Waals surface area contributed by atoms with Crippen LogP contribution < -0.4 is 4.90 Å². The third-order valence-corrected chi connectivity index (χ3v) is 4.95. The van der Waals surface area contributed by atoms with Gasteiger partial charge in [0, 0.05) is 37.2 Å². The molecule has 1 fully saturated rings. The van der Waals surface area contributed by atoms with Crippen LogP contribution in [0, 0.1) is 5.82 Å². The van der Waals surface area contributed by atoms with Gasteiger partial charge in [-0.1, -0.05) is 18.2 Å². The van der Waals surface area contributed by atoms with E-state index in [0.717, 1.165) is 37.1 Å². The number of aliphatic hydroxyl groups is 1. The molecule has 1 saturated heterocycles. The van der Waals surface area contributed by atoms with Crippen molar-refractivity contribution in [1.29, 1.82) is 0 Å². The van der Waals surface area contributed by atoms with Gasteiger partial charge in [-0.05, 0) is 30.5 Å². The molecule has 3 heterocycles. The predicted molar refractivity (Wildman–Crippen MR) is 97.5 cm³/mol. The molecule has 3 aromatic rings. The maximum atomic E-state index is 14.4. The van der Waals surface area contributed by atoms with E-state index in [1.807, 2.05) is 33.8 Å². The van der Waals surface area contributed by atoms with Crippen LogP contribution in [0.2, 0.25) is 0 Å². The highest BCUT2D eigenvalue weighted by molar-refractivity contribution is 5.50. The quantitative estimate of drug-likeness (QED) is 0.764. The summed E-state index contributed by atoms with van der Waals surface area (Å²) < 4.78 is 22.4. The maximum absolute atomic E-state index is 14.4. The largest absolute Gasteiger partial charge is 0.392 e. The third-order valence-electron chi connectivity index (χ3n) is 4.95. The number of piperidine rings is 1. The summed E-state index contributed by atoms with van der Waals surface area (Å²) >= 11 is 0. The Hall–Kier alpha value is -2.44. The number of ether oxygens (including phenoxy) is 1. The number of benzene rings is 1. The first kappa shape index (κ1) is 17.0. The summed E-state index contributed by atoms with van der Waals surface area (Å²) in [5.74, 6) is -0.317. The number of rotatable bonds is 5. The fourth-order valence-electron chi connectivity index (χ4n) is 3.46. The Kier molecular flexibility index (Phi) is 4.86. The summed E-state index contributed by atoms with van der Waals surface area (Å²) in [7, 11) is 0. The van der Waals surface area contributed by atoms with Crippen LogP contribution in [0.15, 0.2) is 48.9 Å². The second kappa shape index (κ2) is 7.43. The maximum Gasteiger partial charge on any atom is 0.151 e. The number of pyridine rings is 1. The minimum absolute atomic E-state index is 0.175. The fraction of sp³-hybridized carbons (Fsp3) is 0.350. The summed E-state index contributed by atoms with van der Waals surface area (Å²) in [6, 6.07) is 9.20. The van der Waals surface area contributed by atoms with Gasteiger partial charge in [-0.3, -0.25) is 0 Å². The van der Waals surface area contributed by atoms with E-state index >= 15 is 0 Å². The summed E-state index contributed by atoms with van der Waals surface area (Å²) in [6.45, 7) is 1.78. The molecule has 6 heteroatoms. The van der Waals surface area contributed by atoms with Gasteiger partial charge in [-0.2, -0.15) is 0 Å². The van der Waals surface area contributed by atoms with E-state index in [1.54, 1.807) is 24.4 Å². The standard InChI is InChI=1S/C20H22FN3O2/c21-20-16(13-25)2-1-3-18(20)23-9-6-17(7-10-23)26-14-15-4-5-19-22-8-11-24(19)12-15/h1-5,8,11-12,17,25H,6-7,9-10,13-14H2. The van der Waals surface area contributed by atoms with Gasteiger partial charge in [0.05, 0.1) is 25.0 Å². The zero-order chi connectivity index (χ0) is 17.9. The number of nitrogens with zero attached hydrogens (tertiary/aromatic N) is 3. The van der Waals surface area contributed by atoms with Gasteiger partial charge in [-0.25, -0.2) is 9.37 Å². The fourth-order valence-corrected chi connectivity index (χ4v) is 3.46. The number of hydrogen-bond acceptors (Lipinski definition) is 4. The molecule has 26 heavy (non-hydrogen) atoms. The van der Waals surface area contributed by atoms with E-state index in [2.05, 4.69) is 4.98 Å². The van der Waals surface area contributed by atoms with Crippen molar-refractivity contribution in [1.82, 2.24) is 9.38 Å². The van der Waals surface area contributed by atoms with Crippen LogP contribution >= 0.6 is 0 Å². The lowest BCUT2D eigenvalue weighted by atomic mass is 10.1. The number of hydrogen-bond donors (Lipinski definition) is 1. The molecule has 1 aliphatic rings. The second-order valence-corrected chi connectivity index (χ2v) is 6.64. The van der Waals surface area contributed by atoms with Crippen molar-refractivity contribution in [2.75, 3.05) is 18.0 Å². The van der Waals surface area contributed by atoms with Crippen LogP contribution in [0.4, 0.5) is 10.1 Å². The first-order valence-corrected chi connectivity index (χ1v) is 8.91. The topological polar surface area (TPSA) is 50.0 Å². The molecule has 0 atom stereocenters. The zero-order valence-corrected chi connectivity index (χ0v) is 14.5. The molecule has 4 rings (SSSR count). The molecule has 1 N–H and O–H groups in total. The number of halogens is 1. The summed E-state index contributed by atoms with van der Waals surface area (Å²) in [6.07, 6.45) is 7.63. The van der Waals surface area contributed by atoms with Crippen molar-refractivity contribution in [2.45, 2.75) is 32.2 Å². The van der Waals surface area contributed by atoms with E-state index in [0.29, 0.717) is 17.9 Å². The Balaban J connectivity index is 1.33. The Bertz CT molecular complexity index is 888. The van der Waals surface area contributed by atoms with Gasteiger partial charge in [0.1, 0.15) is 5.65 Å². The van der Waals surface area contributed by atoms with E-state index in [1.165, 1.54) is 0 Å². The molecule has 0 unspecified atom stereocenters. The van der Waals surface area contributed by atoms with Crippen LogP contribution in [0.25, 0.3) is 5.65 Å². The Morgan fingerprint density at radius 3 is 2.85 bits per heavy atom. The number of aliphatic hydroxyl groups excluding tert-OH is 1. The second-order valence-electron chi connectivity index (χ2n) is 6.64. The third kappa shape index (κ3) is 3.43. The molecule has 1 aliphatic heterocycles. The molecular formula is C20H22FN3O2. The van der Waals surface area contributed by atoms with Gasteiger partial charge in [-0.15, -0.1) is 0 Å². The van der Waals surface area contributed by atoms with E-state index < -0.39 is 0 Å². The number of imidazole rings is 1. The minimum Gasteiger partial charge on any atom is -0.392 e. The van der Waals surface area contributed by atoms with Crippen molar-refractivity contribution >= 4 is 11.3 Å². The lowest BCUT2D eigenvalue weighted by Crippen LogP contribution is -2.37. The minimum atomic E-state index is -0.317. The number of aromatic nitrogens is 2. The molecule has 2 aromatic heterocycles. The molecule has 136 valence electrons. The highest BCUT2D eigenvalue weighted by Crippen LogP contribution is 2.26. The summed E-state index contributed by atoms with van der Waals surface area (Å²) in [4.78, 5) is 6.27.